The average Bonchev–Trinajstić information content (AvgIpc) is 3.24. The SMILES string of the molecule is O=C(O)c1cccc(N2CCN(CC3CC3)CC2)c1. The number of nitrogens with zero attached hydrogens (tertiary/aromatic N) is 2. The number of hydrogen-bond acceptors (Lipinski definition) is 3. The lowest BCUT2D eigenvalue weighted by molar-refractivity contribution is 0.0697. The molecule has 0 radical (unpaired) electrons. The van der Waals surface area contributed by atoms with E-state index in [-0.39, 0.29) is 0 Å². The molecular weight excluding hydrogens is 240 g/mol. The van der Waals surface area contributed by atoms with Gasteiger partial charge in [-0.05, 0) is 37.0 Å². The molecule has 2 fully saturated rings. The van der Waals surface area contributed by atoms with E-state index in [1.54, 1.807) is 12.1 Å². The Morgan fingerprint density at radius 3 is 2.58 bits per heavy atom. The first kappa shape index (κ1) is 12.5. The lowest BCUT2D eigenvalue weighted by atomic mass is 10.1. The van der Waals surface area contributed by atoms with Crippen molar-refractivity contribution in [3.8, 4) is 0 Å². The summed E-state index contributed by atoms with van der Waals surface area (Å²) in [6.07, 6.45) is 2.81. The monoisotopic (exact) mass is 260 g/mol. The van der Waals surface area contributed by atoms with Crippen LogP contribution in [0, 0.1) is 5.92 Å². The molecule has 4 heteroatoms. The number of anilines is 1. The molecule has 2 aliphatic rings. The Kier molecular flexibility index (Phi) is 3.42. The lowest BCUT2D eigenvalue weighted by Crippen LogP contribution is -2.47. The smallest absolute Gasteiger partial charge is 0.335 e. The predicted molar refractivity (Wildman–Crippen MR) is 74.8 cm³/mol. The summed E-state index contributed by atoms with van der Waals surface area (Å²) in [4.78, 5) is 15.8. The van der Waals surface area contributed by atoms with E-state index >= 15 is 0 Å². The largest absolute Gasteiger partial charge is 0.478 e. The summed E-state index contributed by atoms with van der Waals surface area (Å²) in [5, 5.41) is 9.03. The van der Waals surface area contributed by atoms with Gasteiger partial charge in [0, 0.05) is 38.4 Å². The van der Waals surface area contributed by atoms with Gasteiger partial charge in [-0.2, -0.15) is 0 Å². The molecule has 0 bridgehead atoms. The minimum atomic E-state index is -0.853. The highest BCUT2D eigenvalue weighted by molar-refractivity contribution is 5.88. The first-order valence-corrected chi connectivity index (χ1v) is 7.03. The molecule has 102 valence electrons. The van der Waals surface area contributed by atoms with Gasteiger partial charge < -0.3 is 10.0 Å². The summed E-state index contributed by atoms with van der Waals surface area (Å²) in [7, 11) is 0. The fraction of sp³-hybridized carbons (Fsp3) is 0.533. The zero-order valence-corrected chi connectivity index (χ0v) is 11.1. The first-order chi connectivity index (χ1) is 9.22. The number of hydrogen-bond donors (Lipinski definition) is 1. The topological polar surface area (TPSA) is 43.8 Å². The van der Waals surface area contributed by atoms with E-state index in [1.807, 2.05) is 12.1 Å². The third kappa shape index (κ3) is 3.07. The number of rotatable bonds is 4. The predicted octanol–water partition coefficient (Wildman–Crippen LogP) is 1.92. The van der Waals surface area contributed by atoms with Gasteiger partial charge in [0.15, 0.2) is 0 Å². The van der Waals surface area contributed by atoms with E-state index in [4.69, 9.17) is 5.11 Å². The van der Waals surface area contributed by atoms with Gasteiger partial charge in [-0.1, -0.05) is 6.07 Å². The maximum atomic E-state index is 11.0. The maximum absolute atomic E-state index is 11.0. The molecular formula is C15H20N2O2. The van der Waals surface area contributed by atoms with Crippen molar-refractivity contribution in [1.29, 1.82) is 0 Å². The second kappa shape index (κ2) is 5.21. The van der Waals surface area contributed by atoms with E-state index in [9.17, 15) is 4.79 Å². The van der Waals surface area contributed by atoms with E-state index in [0.29, 0.717) is 5.56 Å². The van der Waals surface area contributed by atoms with Crippen LogP contribution in [0.4, 0.5) is 5.69 Å². The molecule has 0 amide bonds. The molecule has 1 aromatic carbocycles. The molecule has 1 aromatic rings. The second-order valence-electron chi connectivity index (χ2n) is 5.59. The molecule has 1 aliphatic heterocycles. The zero-order valence-electron chi connectivity index (χ0n) is 11.1. The van der Waals surface area contributed by atoms with Crippen molar-refractivity contribution in [1.82, 2.24) is 4.90 Å². The average molecular weight is 260 g/mol. The molecule has 4 nitrogen and oxygen atoms in total. The Labute approximate surface area is 113 Å². The van der Waals surface area contributed by atoms with Crippen LogP contribution in [0.2, 0.25) is 0 Å². The van der Waals surface area contributed by atoms with E-state index in [1.165, 1.54) is 19.4 Å². The van der Waals surface area contributed by atoms with E-state index < -0.39 is 5.97 Å². The van der Waals surface area contributed by atoms with Crippen molar-refractivity contribution in [2.24, 2.45) is 5.92 Å². The van der Waals surface area contributed by atoms with Gasteiger partial charge in [-0.25, -0.2) is 4.79 Å². The van der Waals surface area contributed by atoms with Crippen LogP contribution in [0.3, 0.4) is 0 Å². The molecule has 0 aromatic heterocycles. The number of piperazine rings is 1. The summed E-state index contributed by atoms with van der Waals surface area (Å²) in [6, 6.07) is 7.26. The van der Waals surface area contributed by atoms with Crippen LogP contribution in [0.15, 0.2) is 24.3 Å². The molecule has 1 saturated carbocycles. The fourth-order valence-corrected chi connectivity index (χ4v) is 2.69. The Balaban J connectivity index is 1.60. The number of benzene rings is 1. The third-order valence-electron chi connectivity index (χ3n) is 4.04. The molecule has 19 heavy (non-hydrogen) atoms. The van der Waals surface area contributed by atoms with Gasteiger partial charge in [-0.15, -0.1) is 0 Å². The molecule has 1 heterocycles. The van der Waals surface area contributed by atoms with Gasteiger partial charge in [0.25, 0.3) is 0 Å². The minimum Gasteiger partial charge on any atom is -0.478 e. The van der Waals surface area contributed by atoms with Crippen LogP contribution in [0.25, 0.3) is 0 Å². The van der Waals surface area contributed by atoms with Gasteiger partial charge >= 0.3 is 5.97 Å². The van der Waals surface area contributed by atoms with E-state index in [0.717, 1.165) is 37.8 Å². The lowest BCUT2D eigenvalue weighted by Gasteiger charge is -2.36. The maximum Gasteiger partial charge on any atom is 0.335 e. The standard InChI is InChI=1S/C15H20N2O2/c18-15(19)13-2-1-3-14(10-13)17-8-6-16(7-9-17)11-12-4-5-12/h1-3,10,12H,4-9,11H2,(H,18,19). The highest BCUT2D eigenvalue weighted by Gasteiger charge is 2.26. The quantitative estimate of drug-likeness (QED) is 0.898. The van der Waals surface area contributed by atoms with Gasteiger partial charge in [-0.3, -0.25) is 4.90 Å². The number of carboxylic acid groups (broad SMARTS) is 1. The summed E-state index contributed by atoms with van der Waals surface area (Å²) in [5.74, 6) is 0.0936. The highest BCUT2D eigenvalue weighted by Crippen LogP contribution is 2.30. The summed E-state index contributed by atoms with van der Waals surface area (Å²) in [5.41, 5.74) is 1.41. The van der Waals surface area contributed by atoms with Crippen molar-refractivity contribution in [3.05, 3.63) is 29.8 Å². The summed E-state index contributed by atoms with van der Waals surface area (Å²) >= 11 is 0. The van der Waals surface area contributed by atoms with E-state index in [2.05, 4.69) is 9.80 Å². The Morgan fingerprint density at radius 2 is 1.95 bits per heavy atom. The Bertz CT molecular complexity index is 463. The second-order valence-corrected chi connectivity index (χ2v) is 5.59. The van der Waals surface area contributed by atoms with Crippen LogP contribution >= 0.6 is 0 Å². The highest BCUT2D eigenvalue weighted by atomic mass is 16.4. The molecule has 0 atom stereocenters. The molecule has 1 saturated heterocycles. The number of carbonyl (C=O) groups is 1. The molecule has 3 rings (SSSR count). The number of carboxylic acids is 1. The van der Waals surface area contributed by atoms with Crippen molar-refractivity contribution in [2.45, 2.75) is 12.8 Å². The zero-order chi connectivity index (χ0) is 13.2. The van der Waals surface area contributed by atoms with Crippen LogP contribution in [-0.2, 0) is 0 Å². The van der Waals surface area contributed by atoms with Crippen LogP contribution < -0.4 is 4.90 Å². The normalized spacial score (nSPS) is 20.5. The van der Waals surface area contributed by atoms with Crippen molar-refractivity contribution in [2.75, 3.05) is 37.6 Å². The van der Waals surface area contributed by atoms with Crippen molar-refractivity contribution < 1.29 is 9.90 Å². The Morgan fingerprint density at radius 1 is 1.21 bits per heavy atom. The molecule has 1 aliphatic carbocycles. The van der Waals surface area contributed by atoms with Gasteiger partial charge in [0.2, 0.25) is 0 Å². The summed E-state index contributed by atoms with van der Waals surface area (Å²) in [6.45, 7) is 5.43. The third-order valence-corrected chi connectivity index (χ3v) is 4.04. The Hall–Kier alpha value is -1.55. The molecule has 1 N–H and O–H groups in total. The van der Waals surface area contributed by atoms with Crippen molar-refractivity contribution >= 4 is 11.7 Å². The summed E-state index contributed by atoms with van der Waals surface area (Å²) < 4.78 is 0. The van der Waals surface area contributed by atoms with Gasteiger partial charge in [0.05, 0.1) is 5.56 Å². The van der Waals surface area contributed by atoms with Crippen LogP contribution in [0.1, 0.15) is 23.2 Å². The number of aromatic carboxylic acids is 1. The van der Waals surface area contributed by atoms with Gasteiger partial charge in [0.1, 0.15) is 0 Å². The fourth-order valence-electron chi connectivity index (χ4n) is 2.69. The first-order valence-electron chi connectivity index (χ1n) is 7.03. The molecule has 0 unspecified atom stereocenters. The van der Waals surface area contributed by atoms with Crippen LogP contribution in [0.5, 0.6) is 0 Å². The molecule has 0 spiro atoms. The minimum absolute atomic E-state index is 0.373. The van der Waals surface area contributed by atoms with Crippen LogP contribution in [-0.4, -0.2) is 48.7 Å². The van der Waals surface area contributed by atoms with Crippen molar-refractivity contribution in [3.63, 3.8) is 0 Å².